The fourth-order valence-corrected chi connectivity index (χ4v) is 4.19. The van der Waals surface area contributed by atoms with E-state index < -0.39 is 0 Å². The molecule has 0 radical (unpaired) electrons. The van der Waals surface area contributed by atoms with Crippen LogP contribution in [0.1, 0.15) is 39.5 Å². The number of nitrogens with zero attached hydrogens (tertiary/aromatic N) is 2. The quantitative estimate of drug-likeness (QED) is 0.185. The molecule has 0 bridgehead atoms. The van der Waals surface area contributed by atoms with E-state index in [2.05, 4.69) is 81.4 Å². The zero-order valence-electron chi connectivity index (χ0n) is 22.5. The number of hydrogen-bond acceptors (Lipinski definition) is 4. The summed E-state index contributed by atoms with van der Waals surface area (Å²) in [6.45, 7) is 5.74. The molecule has 0 saturated heterocycles. The fraction of sp³-hybridized carbons (Fsp3) is 0.303. The van der Waals surface area contributed by atoms with Crippen molar-refractivity contribution in [3.8, 4) is 45.1 Å². The molecule has 0 amide bonds. The average Bonchev–Trinajstić information content (AvgIpc) is 2.94. The maximum absolute atomic E-state index is 6.18. The Kier molecular flexibility index (Phi) is 9.20. The number of anilines is 1. The summed E-state index contributed by atoms with van der Waals surface area (Å²) in [7, 11) is 4.12. The lowest BCUT2D eigenvalue weighted by molar-refractivity contribution is 0.310. The molecule has 0 atom stereocenters. The van der Waals surface area contributed by atoms with Gasteiger partial charge < -0.3 is 14.4 Å². The third-order valence-corrected chi connectivity index (χ3v) is 6.38. The topological polar surface area (TPSA) is 34.6 Å². The number of unbranched alkanes of at least 4 members (excludes halogenated alkanes) is 2. The van der Waals surface area contributed by atoms with Gasteiger partial charge in [-0.05, 0) is 72.5 Å². The van der Waals surface area contributed by atoms with Gasteiger partial charge in [0, 0.05) is 30.9 Å². The van der Waals surface area contributed by atoms with Crippen molar-refractivity contribution < 1.29 is 9.47 Å². The Bertz CT molecular complexity index is 1210. The van der Waals surface area contributed by atoms with Crippen molar-refractivity contribution in [2.24, 2.45) is 0 Å². The summed E-state index contributed by atoms with van der Waals surface area (Å²) < 4.78 is 12.4. The zero-order chi connectivity index (χ0) is 26.0. The third-order valence-electron chi connectivity index (χ3n) is 6.38. The second-order valence-corrected chi connectivity index (χ2v) is 9.46. The second kappa shape index (κ2) is 13.0. The van der Waals surface area contributed by atoms with Crippen LogP contribution in [-0.2, 0) is 0 Å². The number of aromatic nitrogens is 1. The molecule has 192 valence electrons. The number of hydrogen-bond donors (Lipinski definition) is 0. The minimum absolute atomic E-state index is 0.695. The van der Waals surface area contributed by atoms with Crippen LogP contribution < -0.4 is 14.4 Å². The number of benzene rings is 3. The Morgan fingerprint density at radius 1 is 0.622 bits per heavy atom. The van der Waals surface area contributed by atoms with Crippen molar-refractivity contribution in [2.75, 3.05) is 32.2 Å². The lowest BCUT2D eigenvalue weighted by atomic mass is 9.99. The normalized spacial score (nSPS) is 10.8. The SMILES string of the molecule is CCCCOc1ccccc1-c1cc(-c2ccc(N(C)C)cc2)cc(-c2ccccc2OCCCC)n1. The van der Waals surface area contributed by atoms with Crippen molar-refractivity contribution in [1.82, 2.24) is 4.98 Å². The van der Waals surface area contributed by atoms with Gasteiger partial charge in [-0.15, -0.1) is 0 Å². The highest BCUT2D eigenvalue weighted by Crippen LogP contribution is 2.37. The van der Waals surface area contributed by atoms with E-state index in [1.807, 2.05) is 36.4 Å². The molecule has 0 fully saturated rings. The van der Waals surface area contributed by atoms with Crippen molar-refractivity contribution in [2.45, 2.75) is 39.5 Å². The molecule has 3 aromatic carbocycles. The number of pyridine rings is 1. The van der Waals surface area contributed by atoms with Gasteiger partial charge in [0.05, 0.1) is 24.6 Å². The van der Waals surface area contributed by atoms with E-state index in [-0.39, 0.29) is 0 Å². The van der Waals surface area contributed by atoms with Crippen LogP contribution in [0.5, 0.6) is 11.5 Å². The molecule has 37 heavy (non-hydrogen) atoms. The summed E-state index contributed by atoms with van der Waals surface area (Å²) in [6, 6.07) is 29.4. The molecule has 0 aliphatic heterocycles. The molecule has 4 aromatic rings. The Labute approximate surface area is 221 Å². The highest BCUT2D eigenvalue weighted by Gasteiger charge is 2.15. The Morgan fingerprint density at radius 3 is 1.57 bits per heavy atom. The molecule has 1 heterocycles. The lowest BCUT2D eigenvalue weighted by Crippen LogP contribution is -2.07. The van der Waals surface area contributed by atoms with Crippen LogP contribution in [0.3, 0.4) is 0 Å². The van der Waals surface area contributed by atoms with Crippen molar-refractivity contribution >= 4 is 5.69 Å². The van der Waals surface area contributed by atoms with Gasteiger partial charge in [-0.25, -0.2) is 4.98 Å². The summed E-state index contributed by atoms with van der Waals surface area (Å²) >= 11 is 0. The van der Waals surface area contributed by atoms with E-state index in [1.165, 1.54) is 5.69 Å². The minimum Gasteiger partial charge on any atom is -0.493 e. The Balaban J connectivity index is 1.83. The Morgan fingerprint density at radius 2 is 1.11 bits per heavy atom. The maximum Gasteiger partial charge on any atom is 0.128 e. The summed E-state index contributed by atoms with van der Waals surface area (Å²) in [5.74, 6) is 1.73. The first-order chi connectivity index (χ1) is 18.1. The summed E-state index contributed by atoms with van der Waals surface area (Å²) in [4.78, 5) is 7.27. The van der Waals surface area contributed by atoms with Gasteiger partial charge in [0.1, 0.15) is 11.5 Å². The van der Waals surface area contributed by atoms with E-state index >= 15 is 0 Å². The van der Waals surface area contributed by atoms with Crippen molar-refractivity contribution in [1.29, 1.82) is 0 Å². The fourth-order valence-electron chi connectivity index (χ4n) is 4.19. The molecule has 0 spiro atoms. The average molecular weight is 495 g/mol. The second-order valence-electron chi connectivity index (χ2n) is 9.46. The molecule has 4 nitrogen and oxygen atoms in total. The summed E-state index contributed by atoms with van der Waals surface area (Å²) in [6.07, 6.45) is 4.23. The van der Waals surface area contributed by atoms with Gasteiger partial charge in [-0.2, -0.15) is 0 Å². The molecule has 0 N–H and O–H groups in total. The third kappa shape index (κ3) is 6.71. The number of ether oxygens (including phenoxy) is 2. The smallest absolute Gasteiger partial charge is 0.128 e. The first-order valence-electron chi connectivity index (χ1n) is 13.3. The number of rotatable bonds is 12. The van der Waals surface area contributed by atoms with E-state index in [4.69, 9.17) is 14.5 Å². The van der Waals surface area contributed by atoms with Gasteiger partial charge in [0.2, 0.25) is 0 Å². The molecule has 0 unspecified atom stereocenters. The predicted octanol–water partition coefficient (Wildman–Crippen LogP) is 8.51. The van der Waals surface area contributed by atoms with Gasteiger partial charge in [0.15, 0.2) is 0 Å². The van der Waals surface area contributed by atoms with E-state index in [0.717, 1.165) is 70.8 Å². The van der Waals surface area contributed by atoms with Crippen LogP contribution in [0.25, 0.3) is 33.6 Å². The summed E-state index contributed by atoms with van der Waals surface area (Å²) in [5, 5.41) is 0. The molecule has 4 rings (SSSR count). The first kappa shape index (κ1) is 26.3. The standard InChI is InChI=1S/C33H38N2O2/c1-5-7-21-36-32-15-11-9-13-28(32)30-23-26(25-17-19-27(20-18-25)35(3)4)24-31(34-30)29-14-10-12-16-33(29)37-22-8-6-2/h9-20,23-24H,5-8,21-22H2,1-4H3. The maximum atomic E-state index is 6.18. The van der Waals surface area contributed by atoms with Gasteiger partial charge >= 0.3 is 0 Å². The van der Waals surface area contributed by atoms with Crippen LogP contribution >= 0.6 is 0 Å². The van der Waals surface area contributed by atoms with E-state index in [0.29, 0.717) is 13.2 Å². The summed E-state index contributed by atoms with van der Waals surface area (Å²) in [5.41, 5.74) is 7.19. The monoisotopic (exact) mass is 494 g/mol. The lowest BCUT2D eigenvalue weighted by Gasteiger charge is -2.16. The molecular weight excluding hydrogens is 456 g/mol. The first-order valence-corrected chi connectivity index (χ1v) is 13.3. The molecule has 0 aliphatic rings. The van der Waals surface area contributed by atoms with Crippen LogP contribution in [-0.4, -0.2) is 32.3 Å². The van der Waals surface area contributed by atoms with Crippen LogP contribution in [0, 0.1) is 0 Å². The molecular formula is C33H38N2O2. The Hall–Kier alpha value is -3.79. The van der Waals surface area contributed by atoms with Gasteiger partial charge in [-0.1, -0.05) is 63.1 Å². The minimum atomic E-state index is 0.695. The van der Waals surface area contributed by atoms with Crippen LogP contribution in [0.2, 0.25) is 0 Å². The highest BCUT2D eigenvalue weighted by atomic mass is 16.5. The molecule has 0 aliphatic carbocycles. The van der Waals surface area contributed by atoms with Gasteiger partial charge in [-0.3, -0.25) is 0 Å². The predicted molar refractivity (Wildman–Crippen MR) is 156 cm³/mol. The van der Waals surface area contributed by atoms with Crippen LogP contribution in [0.15, 0.2) is 84.9 Å². The highest BCUT2D eigenvalue weighted by molar-refractivity contribution is 5.80. The molecule has 4 heteroatoms. The largest absolute Gasteiger partial charge is 0.493 e. The molecule has 1 aromatic heterocycles. The zero-order valence-corrected chi connectivity index (χ0v) is 22.5. The van der Waals surface area contributed by atoms with E-state index in [9.17, 15) is 0 Å². The number of para-hydroxylation sites is 2. The van der Waals surface area contributed by atoms with Gasteiger partial charge in [0.25, 0.3) is 0 Å². The van der Waals surface area contributed by atoms with E-state index in [1.54, 1.807) is 0 Å². The molecule has 0 saturated carbocycles. The van der Waals surface area contributed by atoms with Crippen molar-refractivity contribution in [3.05, 3.63) is 84.9 Å². The van der Waals surface area contributed by atoms with Crippen molar-refractivity contribution in [3.63, 3.8) is 0 Å². The van der Waals surface area contributed by atoms with Crippen LogP contribution in [0.4, 0.5) is 5.69 Å².